The predicted octanol–water partition coefficient (Wildman–Crippen LogP) is 5.45. The first kappa shape index (κ1) is 19.8. The van der Waals surface area contributed by atoms with Gasteiger partial charge in [0.15, 0.2) is 0 Å². The highest BCUT2D eigenvalue weighted by Gasteiger charge is 2.13. The molecule has 0 bridgehead atoms. The van der Waals surface area contributed by atoms with Crippen molar-refractivity contribution >= 4 is 27.8 Å². The van der Waals surface area contributed by atoms with E-state index in [2.05, 4.69) is 21.1 Å². The van der Waals surface area contributed by atoms with Crippen LogP contribution in [0.15, 0.2) is 58.2 Å². The first-order valence-corrected chi connectivity index (χ1v) is 9.19. The highest BCUT2D eigenvalue weighted by atomic mass is 79.9. The van der Waals surface area contributed by atoms with E-state index in [-0.39, 0.29) is 18.1 Å². The molecule has 0 fully saturated rings. The molecule has 1 aromatic heterocycles. The van der Waals surface area contributed by atoms with Crippen molar-refractivity contribution in [1.82, 2.24) is 4.57 Å². The summed E-state index contributed by atoms with van der Waals surface area (Å²) in [5.74, 6) is -0.332. The number of non-ortho nitro benzene ring substituents is 1. The molecular weight excluding hydrogens is 429 g/mol. The van der Waals surface area contributed by atoms with Crippen LogP contribution < -0.4 is 0 Å². The highest BCUT2D eigenvalue weighted by molar-refractivity contribution is 9.10. The lowest BCUT2D eigenvalue weighted by atomic mass is 10.2. The van der Waals surface area contributed by atoms with Gasteiger partial charge in [0, 0.05) is 33.6 Å². The van der Waals surface area contributed by atoms with Gasteiger partial charge in [-0.1, -0.05) is 33.2 Å². The van der Waals surface area contributed by atoms with Gasteiger partial charge in [-0.15, -0.1) is 0 Å². The molecule has 0 aliphatic heterocycles. The zero-order valence-electron chi connectivity index (χ0n) is 15.2. The highest BCUT2D eigenvalue weighted by Crippen LogP contribution is 2.24. The third-order valence-corrected chi connectivity index (χ3v) is 4.73. The standard InChI is InChI=1S/C20H17BrFN3O3/c1-13-8-16(14(2)24(13)20-7-6-17(21)10-19(20)22)11-23-28-12-15-4-3-5-18(9-15)25(26)27/h3-11H,12H2,1-2H3/b23-11-. The number of halogens is 2. The summed E-state index contributed by atoms with van der Waals surface area (Å²) in [6.45, 7) is 3.87. The van der Waals surface area contributed by atoms with E-state index in [1.807, 2.05) is 24.5 Å². The molecule has 1 heterocycles. The molecule has 0 amide bonds. The average Bonchev–Trinajstić information content (AvgIpc) is 2.93. The van der Waals surface area contributed by atoms with Gasteiger partial charge in [-0.3, -0.25) is 10.1 Å². The van der Waals surface area contributed by atoms with Crippen LogP contribution in [0.1, 0.15) is 22.5 Å². The van der Waals surface area contributed by atoms with Gasteiger partial charge in [0.2, 0.25) is 0 Å². The van der Waals surface area contributed by atoms with Crippen LogP contribution in [-0.4, -0.2) is 15.7 Å². The molecule has 3 rings (SSSR count). The number of rotatable bonds is 6. The Bertz CT molecular complexity index is 1060. The minimum Gasteiger partial charge on any atom is -0.391 e. The molecule has 8 heteroatoms. The third kappa shape index (κ3) is 4.28. The molecule has 0 spiro atoms. The van der Waals surface area contributed by atoms with Crippen LogP contribution >= 0.6 is 15.9 Å². The summed E-state index contributed by atoms with van der Waals surface area (Å²) in [5.41, 5.74) is 3.58. The maximum Gasteiger partial charge on any atom is 0.269 e. The van der Waals surface area contributed by atoms with Crippen LogP contribution in [0.3, 0.4) is 0 Å². The van der Waals surface area contributed by atoms with Crippen molar-refractivity contribution < 1.29 is 14.2 Å². The van der Waals surface area contributed by atoms with Crippen LogP contribution in [0.25, 0.3) is 5.69 Å². The lowest BCUT2D eigenvalue weighted by Crippen LogP contribution is -2.02. The maximum absolute atomic E-state index is 14.3. The smallest absolute Gasteiger partial charge is 0.269 e. The topological polar surface area (TPSA) is 69.7 Å². The first-order valence-electron chi connectivity index (χ1n) is 8.40. The lowest BCUT2D eigenvalue weighted by molar-refractivity contribution is -0.384. The molecule has 0 saturated carbocycles. The molecule has 0 atom stereocenters. The Morgan fingerprint density at radius 1 is 1.25 bits per heavy atom. The molecule has 0 aliphatic rings. The second-order valence-corrected chi connectivity index (χ2v) is 7.11. The van der Waals surface area contributed by atoms with Gasteiger partial charge in [0.05, 0.1) is 16.8 Å². The molecule has 0 aliphatic carbocycles. The molecule has 144 valence electrons. The second kappa shape index (κ2) is 8.35. The summed E-state index contributed by atoms with van der Waals surface area (Å²) in [6.07, 6.45) is 1.55. The fourth-order valence-corrected chi connectivity index (χ4v) is 3.25. The number of nitro benzene ring substituents is 1. The number of hydrogen-bond donors (Lipinski definition) is 0. The van der Waals surface area contributed by atoms with Crippen LogP contribution in [0.5, 0.6) is 0 Å². The Kier molecular flexibility index (Phi) is 5.89. The molecule has 28 heavy (non-hydrogen) atoms. The van der Waals surface area contributed by atoms with E-state index < -0.39 is 4.92 Å². The van der Waals surface area contributed by atoms with Crippen molar-refractivity contribution in [3.05, 3.63) is 91.4 Å². The number of benzene rings is 2. The Morgan fingerprint density at radius 3 is 2.75 bits per heavy atom. The van der Waals surface area contributed by atoms with E-state index in [1.165, 1.54) is 18.2 Å². The SMILES string of the molecule is Cc1cc(/C=N\OCc2cccc([N+](=O)[O-])c2)c(C)n1-c1ccc(Br)cc1F. The van der Waals surface area contributed by atoms with Crippen LogP contribution in [0, 0.1) is 29.8 Å². The Hall–Kier alpha value is -3.00. The van der Waals surface area contributed by atoms with Gasteiger partial charge >= 0.3 is 0 Å². The number of nitro groups is 1. The minimum absolute atomic E-state index is 0.00477. The number of oxime groups is 1. The Balaban J connectivity index is 1.75. The van der Waals surface area contributed by atoms with Gasteiger partial charge < -0.3 is 9.40 Å². The Labute approximate surface area is 169 Å². The van der Waals surface area contributed by atoms with Crippen molar-refractivity contribution in [2.75, 3.05) is 0 Å². The first-order chi connectivity index (χ1) is 13.4. The largest absolute Gasteiger partial charge is 0.391 e. The molecule has 0 N–H and O–H groups in total. The van der Waals surface area contributed by atoms with Gasteiger partial charge in [0.25, 0.3) is 5.69 Å². The molecule has 0 unspecified atom stereocenters. The van der Waals surface area contributed by atoms with E-state index in [1.54, 1.807) is 30.5 Å². The fourth-order valence-electron chi connectivity index (χ4n) is 2.92. The summed E-state index contributed by atoms with van der Waals surface area (Å²) in [5, 5.41) is 14.8. The summed E-state index contributed by atoms with van der Waals surface area (Å²) in [7, 11) is 0. The van der Waals surface area contributed by atoms with Gasteiger partial charge in [-0.25, -0.2) is 4.39 Å². The summed E-state index contributed by atoms with van der Waals surface area (Å²) < 4.78 is 16.8. The van der Waals surface area contributed by atoms with Crippen molar-refractivity contribution in [1.29, 1.82) is 0 Å². The number of hydrogen-bond acceptors (Lipinski definition) is 4. The van der Waals surface area contributed by atoms with E-state index in [0.717, 1.165) is 17.0 Å². The van der Waals surface area contributed by atoms with Crippen molar-refractivity contribution in [2.24, 2.45) is 5.16 Å². The van der Waals surface area contributed by atoms with Crippen LogP contribution in [-0.2, 0) is 11.4 Å². The van der Waals surface area contributed by atoms with E-state index in [4.69, 9.17) is 4.84 Å². The molecule has 3 aromatic rings. The molecule has 0 saturated heterocycles. The zero-order valence-corrected chi connectivity index (χ0v) is 16.8. The average molecular weight is 446 g/mol. The quantitative estimate of drug-likeness (QED) is 0.287. The zero-order chi connectivity index (χ0) is 20.3. The number of aryl methyl sites for hydroxylation is 1. The number of nitrogens with zero attached hydrogens (tertiary/aromatic N) is 3. The summed E-state index contributed by atoms with van der Waals surface area (Å²) >= 11 is 3.26. The van der Waals surface area contributed by atoms with Crippen LogP contribution in [0.2, 0.25) is 0 Å². The number of aromatic nitrogens is 1. The maximum atomic E-state index is 14.3. The van der Waals surface area contributed by atoms with Crippen LogP contribution in [0.4, 0.5) is 10.1 Å². The van der Waals surface area contributed by atoms with Crippen molar-refractivity contribution in [3.8, 4) is 5.69 Å². The predicted molar refractivity (Wildman–Crippen MR) is 108 cm³/mol. The molecule has 2 aromatic carbocycles. The van der Waals surface area contributed by atoms with Gasteiger partial charge in [-0.2, -0.15) is 0 Å². The van der Waals surface area contributed by atoms with Gasteiger partial charge in [0.1, 0.15) is 12.4 Å². The van der Waals surface area contributed by atoms with E-state index in [9.17, 15) is 14.5 Å². The van der Waals surface area contributed by atoms with E-state index in [0.29, 0.717) is 15.7 Å². The minimum atomic E-state index is -0.455. The monoisotopic (exact) mass is 445 g/mol. The molecular formula is C20H17BrFN3O3. The van der Waals surface area contributed by atoms with Crippen molar-refractivity contribution in [3.63, 3.8) is 0 Å². The lowest BCUT2D eigenvalue weighted by Gasteiger charge is -2.11. The summed E-state index contributed by atoms with van der Waals surface area (Å²) in [4.78, 5) is 15.6. The van der Waals surface area contributed by atoms with Gasteiger partial charge in [-0.05, 0) is 43.7 Å². The molecule has 0 radical (unpaired) electrons. The van der Waals surface area contributed by atoms with E-state index >= 15 is 0 Å². The molecule has 6 nitrogen and oxygen atoms in total. The second-order valence-electron chi connectivity index (χ2n) is 6.19. The fraction of sp³-hybridized carbons (Fsp3) is 0.150. The normalized spacial score (nSPS) is 11.1. The third-order valence-electron chi connectivity index (χ3n) is 4.24. The van der Waals surface area contributed by atoms with Crippen molar-refractivity contribution in [2.45, 2.75) is 20.5 Å². The Morgan fingerprint density at radius 2 is 2.04 bits per heavy atom. The summed E-state index contributed by atoms with van der Waals surface area (Å²) in [6, 6.07) is 13.0.